The van der Waals surface area contributed by atoms with Gasteiger partial charge in [0.25, 0.3) is 10.0 Å². The molecule has 5 nitrogen and oxygen atoms in total. The van der Waals surface area contributed by atoms with Crippen LogP contribution in [0.2, 0.25) is 0 Å². The lowest BCUT2D eigenvalue weighted by Crippen LogP contribution is -2.41. The van der Waals surface area contributed by atoms with E-state index in [2.05, 4.69) is 5.16 Å². The van der Waals surface area contributed by atoms with Crippen LogP contribution in [-0.4, -0.2) is 30.5 Å². The molecule has 0 aliphatic carbocycles. The van der Waals surface area contributed by atoms with Crippen LogP contribution < -0.4 is 0 Å². The van der Waals surface area contributed by atoms with Crippen LogP contribution in [0.1, 0.15) is 37.4 Å². The monoisotopic (exact) mass is 340 g/mol. The van der Waals surface area contributed by atoms with E-state index in [9.17, 15) is 8.42 Å². The minimum Gasteiger partial charge on any atom is -0.355 e. The first-order chi connectivity index (χ1) is 10.4. The van der Waals surface area contributed by atoms with Gasteiger partial charge in [-0.05, 0) is 45.7 Å². The molecule has 2 aromatic rings. The Bertz CT molecular complexity index is 777. The zero-order chi connectivity index (χ0) is 15.9. The van der Waals surface area contributed by atoms with Gasteiger partial charge in [-0.2, -0.15) is 4.31 Å². The summed E-state index contributed by atoms with van der Waals surface area (Å²) in [6.07, 6.45) is 2.96. The molecule has 1 saturated heterocycles. The molecule has 1 aliphatic rings. The molecule has 3 rings (SSSR count). The van der Waals surface area contributed by atoms with Crippen LogP contribution in [-0.2, 0) is 10.0 Å². The Morgan fingerprint density at radius 3 is 2.73 bits per heavy atom. The minimum absolute atomic E-state index is 0.0681. The molecule has 1 atom stereocenters. The van der Waals surface area contributed by atoms with Crippen molar-refractivity contribution >= 4 is 21.4 Å². The van der Waals surface area contributed by atoms with Crippen LogP contribution in [0.15, 0.2) is 20.9 Å². The van der Waals surface area contributed by atoms with Gasteiger partial charge in [-0.25, -0.2) is 8.42 Å². The molecule has 120 valence electrons. The van der Waals surface area contributed by atoms with Gasteiger partial charge in [-0.15, -0.1) is 11.3 Å². The molecule has 0 saturated carbocycles. The van der Waals surface area contributed by atoms with Crippen molar-refractivity contribution in [2.45, 2.75) is 50.3 Å². The van der Waals surface area contributed by atoms with E-state index in [4.69, 9.17) is 4.52 Å². The Kier molecular flexibility index (Phi) is 4.13. The van der Waals surface area contributed by atoms with Crippen LogP contribution in [0.4, 0.5) is 0 Å². The van der Waals surface area contributed by atoms with Gasteiger partial charge in [0.05, 0.1) is 10.6 Å². The van der Waals surface area contributed by atoms with Gasteiger partial charge in [0, 0.05) is 18.2 Å². The fraction of sp³-hybridized carbons (Fsp3) is 0.533. The third-order valence-corrected chi connectivity index (χ3v) is 7.83. The number of hydrogen-bond acceptors (Lipinski definition) is 5. The molecule has 1 aliphatic heterocycles. The van der Waals surface area contributed by atoms with Crippen LogP contribution in [0.25, 0.3) is 10.6 Å². The van der Waals surface area contributed by atoms with Crippen molar-refractivity contribution < 1.29 is 12.9 Å². The number of sulfonamides is 1. The first-order valence-corrected chi connectivity index (χ1v) is 9.72. The van der Waals surface area contributed by atoms with Gasteiger partial charge in [0.1, 0.15) is 4.21 Å². The Hall–Kier alpha value is -1.18. The quantitative estimate of drug-likeness (QED) is 0.856. The highest BCUT2D eigenvalue weighted by atomic mass is 32.2. The second-order valence-electron chi connectivity index (χ2n) is 5.80. The van der Waals surface area contributed by atoms with Crippen molar-refractivity contribution in [1.82, 2.24) is 9.46 Å². The molecule has 7 heteroatoms. The molecular formula is C15H20N2O3S2. The summed E-state index contributed by atoms with van der Waals surface area (Å²) in [5, 5.41) is 3.94. The minimum atomic E-state index is -3.41. The zero-order valence-corrected chi connectivity index (χ0v) is 14.6. The highest BCUT2D eigenvalue weighted by Gasteiger charge is 2.32. The van der Waals surface area contributed by atoms with E-state index >= 15 is 0 Å². The van der Waals surface area contributed by atoms with E-state index in [0.29, 0.717) is 16.5 Å². The van der Waals surface area contributed by atoms with Gasteiger partial charge >= 0.3 is 0 Å². The first kappa shape index (κ1) is 15.7. The fourth-order valence-corrected chi connectivity index (χ4v) is 5.94. The highest BCUT2D eigenvalue weighted by molar-refractivity contribution is 7.91. The largest absolute Gasteiger partial charge is 0.355 e. The Morgan fingerprint density at radius 1 is 1.32 bits per heavy atom. The molecule has 0 N–H and O–H groups in total. The van der Waals surface area contributed by atoms with E-state index in [-0.39, 0.29) is 6.04 Å². The molecule has 0 bridgehead atoms. The summed E-state index contributed by atoms with van der Waals surface area (Å²) in [5.41, 5.74) is 1.79. The van der Waals surface area contributed by atoms with Crippen LogP contribution >= 0.6 is 11.3 Å². The number of piperidine rings is 1. The maximum atomic E-state index is 12.8. The van der Waals surface area contributed by atoms with Crippen molar-refractivity contribution in [3.8, 4) is 10.6 Å². The third-order valence-electron chi connectivity index (χ3n) is 4.27. The number of aromatic nitrogens is 1. The SMILES string of the molecule is Cc1noc(-c2ccc(S(=O)(=O)N3CCCC[C@H]3C)s2)c1C. The first-order valence-electron chi connectivity index (χ1n) is 7.46. The topological polar surface area (TPSA) is 63.4 Å². The van der Waals surface area contributed by atoms with E-state index in [0.717, 1.165) is 35.4 Å². The predicted molar refractivity (Wildman–Crippen MR) is 86.5 cm³/mol. The Morgan fingerprint density at radius 2 is 2.09 bits per heavy atom. The van der Waals surface area contributed by atoms with Crippen LogP contribution in [0, 0.1) is 13.8 Å². The van der Waals surface area contributed by atoms with Crippen molar-refractivity contribution in [2.75, 3.05) is 6.54 Å². The lowest BCUT2D eigenvalue weighted by Gasteiger charge is -2.31. The van der Waals surface area contributed by atoms with Crippen LogP contribution in [0.5, 0.6) is 0 Å². The molecular weight excluding hydrogens is 320 g/mol. The smallest absolute Gasteiger partial charge is 0.252 e. The molecule has 1 fully saturated rings. The van der Waals surface area contributed by atoms with Crippen LogP contribution in [0.3, 0.4) is 0 Å². The molecule has 0 amide bonds. The maximum absolute atomic E-state index is 12.8. The average molecular weight is 340 g/mol. The lowest BCUT2D eigenvalue weighted by molar-refractivity contribution is 0.269. The van der Waals surface area contributed by atoms with Gasteiger partial charge < -0.3 is 4.52 Å². The fourth-order valence-electron chi connectivity index (χ4n) is 2.77. The standard InChI is InChI=1S/C15H20N2O3S2/c1-10-6-4-5-9-17(10)22(18,19)14-8-7-13(21-14)15-11(2)12(3)16-20-15/h7-8,10H,4-6,9H2,1-3H3/t10-/m1/s1. The summed E-state index contributed by atoms with van der Waals surface area (Å²) < 4.78 is 33.0. The zero-order valence-electron chi connectivity index (χ0n) is 13.0. The molecule has 0 unspecified atom stereocenters. The molecule has 3 heterocycles. The van der Waals surface area contributed by atoms with E-state index in [1.807, 2.05) is 20.8 Å². The van der Waals surface area contributed by atoms with E-state index in [1.54, 1.807) is 16.4 Å². The molecule has 0 aromatic carbocycles. The highest BCUT2D eigenvalue weighted by Crippen LogP contribution is 2.36. The summed E-state index contributed by atoms with van der Waals surface area (Å²) in [6.45, 7) is 6.40. The summed E-state index contributed by atoms with van der Waals surface area (Å²) >= 11 is 1.25. The van der Waals surface area contributed by atoms with Crippen molar-refractivity contribution in [3.05, 3.63) is 23.4 Å². The van der Waals surface area contributed by atoms with Crippen molar-refractivity contribution in [3.63, 3.8) is 0 Å². The van der Waals surface area contributed by atoms with Gasteiger partial charge in [-0.1, -0.05) is 11.6 Å². The summed E-state index contributed by atoms with van der Waals surface area (Å²) in [7, 11) is -3.41. The molecule has 0 radical (unpaired) electrons. The number of thiophene rings is 1. The Labute approximate surface area is 135 Å². The summed E-state index contributed by atoms with van der Waals surface area (Å²) in [6, 6.07) is 3.55. The number of rotatable bonds is 3. The Balaban J connectivity index is 1.94. The van der Waals surface area contributed by atoms with Gasteiger partial charge in [-0.3, -0.25) is 0 Å². The maximum Gasteiger partial charge on any atom is 0.252 e. The number of nitrogens with zero attached hydrogens (tertiary/aromatic N) is 2. The van der Waals surface area contributed by atoms with Gasteiger partial charge in [0.2, 0.25) is 0 Å². The normalized spacial score (nSPS) is 20.4. The van der Waals surface area contributed by atoms with E-state index in [1.165, 1.54) is 11.3 Å². The number of hydrogen-bond donors (Lipinski definition) is 0. The second kappa shape index (κ2) is 5.79. The van der Waals surface area contributed by atoms with Crippen molar-refractivity contribution in [2.24, 2.45) is 0 Å². The third kappa shape index (κ3) is 2.61. The van der Waals surface area contributed by atoms with Gasteiger partial charge in [0.15, 0.2) is 5.76 Å². The molecule has 0 spiro atoms. The predicted octanol–water partition coefficient (Wildman–Crippen LogP) is 3.58. The number of aryl methyl sites for hydroxylation is 1. The average Bonchev–Trinajstić information content (AvgIpc) is 3.08. The summed E-state index contributed by atoms with van der Waals surface area (Å²) in [4.78, 5) is 0.807. The molecule has 22 heavy (non-hydrogen) atoms. The van der Waals surface area contributed by atoms with Crippen molar-refractivity contribution in [1.29, 1.82) is 0 Å². The lowest BCUT2D eigenvalue weighted by atomic mass is 10.1. The second-order valence-corrected chi connectivity index (χ2v) is 9.00. The van der Waals surface area contributed by atoms with E-state index < -0.39 is 10.0 Å². The molecule has 2 aromatic heterocycles. The summed E-state index contributed by atoms with van der Waals surface area (Å²) in [5.74, 6) is 0.663.